The first-order valence-electron chi connectivity index (χ1n) is 14.8. The third-order valence-corrected chi connectivity index (χ3v) is 9.41. The molecule has 0 amide bonds. The maximum absolute atomic E-state index is 10.6. The van der Waals surface area contributed by atoms with Gasteiger partial charge in [0.15, 0.2) is 0 Å². The molecule has 3 aromatic carbocycles. The lowest BCUT2D eigenvalue weighted by Crippen LogP contribution is -2.49. The Labute approximate surface area is 279 Å². The average Bonchev–Trinajstić information content (AvgIpc) is 3.03. The zero-order valence-electron chi connectivity index (χ0n) is 24.4. The predicted octanol–water partition coefficient (Wildman–Crippen LogP) is 5.42. The van der Waals surface area contributed by atoms with Gasteiger partial charge in [0.1, 0.15) is 36.9 Å². The molecule has 2 unspecified atom stereocenters. The van der Waals surface area contributed by atoms with Crippen LogP contribution in [0, 0.1) is 0 Å². The van der Waals surface area contributed by atoms with Gasteiger partial charge in [0.05, 0.1) is 20.1 Å². The van der Waals surface area contributed by atoms with Gasteiger partial charge in [-0.2, -0.15) is 0 Å². The lowest BCUT2D eigenvalue weighted by molar-refractivity contribution is 0.0650. The minimum Gasteiger partial charge on any atom is -0.491 e. The van der Waals surface area contributed by atoms with Crippen molar-refractivity contribution in [3.05, 3.63) is 80.8 Å². The van der Waals surface area contributed by atoms with E-state index in [2.05, 4.69) is 19.6 Å². The van der Waals surface area contributed by atoms with Gasteiger partial charge in [0.25, 0.3) is 0 Å². The van der Waals surface area contributed by atoms with E-state index in [1.807, 2.05) is 60.7 Å². The van der Waals surface area contributed by atoms with Crippen molar-refractivity contribution in [1.82, 2.24) is 9.80 Å². The van der Waals surface area contributed by atoms with Crippen molar-refractivity contribution in [2.45, 2.75) is 12.2 Å². The zero-order valence-corrected chi connectivity index (χ0v) is 27.4. The van der Waals surface area contributed by atoms with Crippen LogP contribution in [0.25, 0.3) is 0 Å². The maximum atomic E-state index is 10.6. The number of aliphatic hydroxyl groups is 2. The summed E-state index contributed by atoms with van der Waals surface area (Å²) in [4.78, 5) is 9.01. The highest BCUT2D eigenvalue weighted by atomic mass is 35.5. The van der Waals surface area contributed by atoms with E-state index < -0.39 is 12.2 Å². The van der Waals surface area contributed by atoms with Crippen molar-refractivity contribution in [3.63, 3.8) is 0 Å². The quantitative estimate of drug-likeness (QED) is 0.262. The third kappa shape index (κ3) is 9.44. The fourth-order valence-electron chi connectivity index (χ4n) is 5.46. The second kappa shape index (κ2) is 15.9. The normalized spacial score (nSPS) is 17.9. The highest BCUT2D eigenvalue weighted by molar-refractivity contribution is 6.42. The molecule has 44 heavy (non-hydrogen) atoms. The summed E-state index contributed by atoms with van der Waals surface area (Å²) in [5.74, 6) is 1.31. The largest absolute Gasteiger partial charge is 0.491 e. The SMILES string of the molecule is OC(COc1ccc(OCC(O)CN2CCN(c3ccc(Cl)c(Cl)c3)CC2)cc1)CN1CCN(c2ccc(Cl)c(Cl)c2)CC1. The van der Waals surface area contributed by atoms with Gasteiger partial charge in [-0.3, -0.25) is 9.80 Å². The van der Waals surface area contributed by atoms with Gasteiger partial charge in [-0.05, 0) is 60.7 Å². The number of piperazine rings is 2. The summed E-state index contributed by atoms with van der Waals surface area (Å²) in [6, 6.07) is 18.6. The molecular formula is C32H38Cl4N4O4. The number of hydrogen-bond acceptors (Lipinski definition) is 8. The molecular weight excluding hydrogens is 646 g/mol. The summed E-state index contributed by atoms with van der Waals surface area (Å²) in [6.45, 7) is 8.21. The lowest BCUT2D eigenvalue weighted by atomic mass is 10.2. The number of aliphatic hydroxyl groups excluding tert-OH is 2. The Morgan fingerprint density at radius 2 is 0.886 bits per heavy atom. The van der Waals surface area contributed by atoms with Crippen LogP contribution >= 0.6 is 46.4 Å². The molecule has 3 aromatic rings. The molecule has 0 aliphatic carbocycles. The van der Waals surface area contributed by atoms with Crippen LogP contribution < -0.4 is 19.3 Å². The van der Waals surface area contributed by atoms with Crippen LogP contribution in [0.4, 0.5) is 11.4 Å². The molecule has 2 aliphatic rings. The lowest BCUT2D eigenvalue weighted by Gasteiger charge is -2.37. The molecule has 238 valence electrons. The molecule has 5 rings (SSSR count). The maximum Gasteiger partial charge on any atom is 0.119 e. The van der Waals surface area contributed by atoms with Crippen molar-refractivity contribution in [1.29, 1.82) is 0 Å². The summed E-state index contributed by atoms with van der Waals surface area (Å²) in [5.41, 5.74) is 2.11. The van der Waals surface area contributed by atoms with Crippen molar-refractivity contribution in [3.8, 4) is 11.5 Å². The molecule has 2 aliphatic heterocycles. The molecule has 2 heterocycles. The summed E-state index contributed by atoms with van der Waals surface area (Å²) < 4.78 is 11.6. The van der Waals surface area contributed by atoms with Gasteiger partial charge >= 0.3 is 0 Å². The van der Waals surface area contributed by atoms with Crippen molar-refractivity contribution < 1.29 is 19.7 Å². The Morgan fingerprint density at radius 1 is 0.523 bits per heavy atom. The van der Waals surface area contributed by atoms with Crippen molar-refractivity contribution in [2.24, 2.45) is 0 Å². The molecule has 2 N–H and O–H groups in total. The van der Waals surface area contributed by atoms with E-state index in [0.29, 0.717) is 44.7 Å². The number of nitrogens with zero attached hydrogens (tertiary/aromatic N) is 4. The summed E-state index contributed by atoms with van der Waals surface area (Å²) >= 11 is 24.4. The molecule has 2 saturated heterocycles. The Kier molecular flexibility index (Phi) is 12.0. The molecule has 0 saturated carbocycles. The Bertz CT molecular complexity index is 1250. The molecule has 0 spiro atoms. The van der Waals surface area contributed by atoms with Crippen molar-refractivity contribution >= 4 is 57.8 Å². The minimum atomic E-state index is -0.608. The molecule has 2 atom stereocenters. The van der Waals surface area contributed by atoms with Crippen LogP contribution in [0.1, 0.15) is 0 Å². The van der Waals surface area contributed by atoms with Crippen LogP contribution in [0.15, 0.2) is 60.7 Å². The number of β-amino-alcohol motifs (C(OH)–C–C–N with tert-alkyl or cyclic N) is 2. The van der Waals surface area contributed by atoms with Gasteiger partial charge in [0.2, 0.25) is 0 Å². The van der Waals surface area contributed by atoms with Crippen LogP contribution in [0.3, 0.4) is 0 Å². The molecule has 12 heteroatoms. The van der Waals surface area contributed by atoms with Crippen LogP contribution in [0.2, 0.25) is 20.1 Å². The first-order valence-corrected chi connectivity index (χ1v) is 16.3. The third-order valence-electron chi connectivity index (χ3n) is 7.93. The number of hydrogen-bond donors (Lipinski definition) is 2. The van der Waals surface area contributed by atoms with E-state index in [4.69, 9.17) is 55.9 Å². The van der Waals surface area contributed by atoms with E-state index in [0.717, 1.165) is 63.7 Å². The molecule has 0 radical (unpaired) electrons. The molecule has 2 fully saturated rings. The van der Waals surface area contributed by atoms with E-state index in [1.54, 1.807) is 0 Å². The first kappa shape index (κ1) is 33.2. The number of halogens is 4. The highest BCUT2D eigenvalue weighted by Gasteiger charge is 2.22. The number of anilines is 2. The Balaban J connectivity index is 0.958. The van der Waals surface area contributed by atoms with Gasteiger partial charge in [-0.25, -0.2) is 0 Å². The van der Waals surface area contributed by atoms with E-state index in [1.165, 1.54) is 0 Å². The fourth-order valence-corrected chi connectivity index (χ4v) is 6.04. The minimum absolute atomic E-state index is 0.199. The van der Waals surface area contributed by atoms with Crippen LogP contribution in [-0.2, 0) is 0 Å². The van der Waals surface area contributed by atoms with Crippen LogP contribution in [0.5, 0.6) is 11.5 Å². The molecule has 0 bridgehead atoms. The van der Waals surface area contributed by atoms with E-state index >= 15 is 0 Å². The standard InChI is InChI=1S/C32H38Cl4N4O4/c33-29-7-1-23(17-31(29)35)39-13-9-37(10-14-39)19-25(41)21-43-27-3-5-28(6-4-27)44-22-26(42)20-38-11-15-40(16-12-38)24-2-8-30(34)32(36)18-24/h1-8,17-18,25-26,41-42H,9-16,19-22H2. The summed E-state index contributed by atoms with van der Waals surface area (Å²) in [5, 5.41) is 23.3. The van der Waals surface area contributed by atoms with Gasteiger partial charge in [-0.1, -0.05) is 46.4 Å². The smallest absolute Gasteiger partial charge is 0.119 e. The number of rotatable bonds is 12. The average molecular weight is 684 g/mol. The molecule has 0 aromatic heterocycles. The molecule has 8 nitrogen and oxygen atoms in total. The summed E-state index contributed by atoms with van der Waals surface area (Å²) in [6.07, 6.45) is -1.22. The summed E-state index contributed by atoms with van der Waals surface area (Å²) in [7, 11) is 0. The first-order chi connectivity index (χ1) is 21.2. The van der Waals surface area contributed by atoms with Crippen molar-refractivity contribution in [2.75, 3.05) is 88.5 Å². The predicted molar refractivity (Wildman–Crippen MR) is 180 cm³/mol. The van der Waals surface area contributed by atoms with Gasteiger partial charge in [-0.15, -0.1) is 0 Å². The number of ether oxygens (including phenoxy) is 2. The number of benzene rings is 3. The topological polar surface area (TPSA) is 71.9 Å². The second-order valence-corrected chi connectivity index (χ2v) is 12.8. The van der Waals surface area contributed by atoms with Crippen LogP contribution in [-0.4, -0.2) is 111 Å². The Hall–Kier alpha value is -2.14. The highest BCUT2D eigenvalue weighted by Crippen LogP contribution is 2.29. The van der Waals surface area contributed by atoms with Gasteiger partial charge < -0.3 is 29.5 Å². The zero-order chi connectivity index (χ0) is 31.1. The van der Waals surface area contributed by atoms with Gasteiger partial charge in [0, 0.05) is 76.8 Å². The second-order valence-electron chi connectivity index (χ2n) is 11.2. The van der Waals surface area contributed by atoms with E-state index in [-0.39, 0.29) is 13.2 Å². The Morgan fingerprint density at radius 3 is 1.23 bits per heavy atom. The monoisotopic (exact) mass is 682 g/mol. The fraction of sp³-hybridized carbons (Fsp3) is 0.438. The van der Waals surface area contributed by atoms with E-state index in [9.17, 15) is 10.2 Å².